The van der Waals surface area contributed by atoms with E-state index >= 15 is 0 Å². The zero-order valence-corrected chi connectivity index (χ0v) is 11.4. The molecule has 1 aromatic carbocycles. The van der Waals surface area contributed by atoms with Crippen LogP contribution in [0.15, 0.2) is 30.3 Å². The van der Waals surface area contributed by atoms with Gasteiger partial charge in [0.2, 0.25) is 5.91 Å². The minimum absolute atomic E-state index is 0.0869. The lowest BCUT2D eigenvalue weighted by Crippen LogP contribution is -2.18. The summed E-state index contributed by atoms with van der Waals surface area (Å²) in [5.41, 5.74) is 6.46. The number of amides is 1. The summed E-state index contributed by atoms with van der Waals surface area (Å²) >= 11 is 0. The third-order valence-electron chi connectivity index (χ3n) is 3.28. The smallest absolute Gasteiger partial charge is 0.224 e. The highest BCUT2D eigenvalue weighted by Crippen LogP contribution is 2.20. The molecule has 1 amide bonds. The van der Waals surface area contributed by atoms with Crippen molar-refractivity contribution in [2.75, 3.05) is 11.9 Å². The lowest BCUT2D eigenvalue weighted by Gasteiger charge is -2.19. The molecule has 0 aliphatic carbocycles. The summed E-state index contributed by atoms with van der Waals surface area (Å²) in [6.45, 7) is 5.08. The Kier molecular flexibility index (Phi) is 6.44. The number of para-hydroxylation sites is 1. The predicted molar refractivity (Wildman–Crippen MR) is 76.3 cm³/mol. The zero-order valence-electron chi connectivity index (χ0n) is 11.4. The quantitative estimate of drug-likeness (QED) is 0.779. The highest BCUT2D eigenvalue weighted by atomic mass is 16.1. The first-order valence-corrected chi connectivity index (χ1v) is 6.68. The number of carbonyl (C=O) groups excluding carboxylic acids is 1. The van der Waals surface area contributed by atoms with Crippen molar-refractivity contribution in [1.82, 2.24) is 0 Å². The van der Waals surface area contributed by atoms with Crippen LogP contribution in [0.2, 0.25) is 0 Å². The van der Waals surface area contributed by atoms with Crippen molar-refractivity contribution in [3.8, 4) is 0 Å². The third-order valence-corrected chi connectivity index (χ3v) is 3.28. The van der Waals surface area contributed by atoms with Crippen molar-refractivity contribution in [2.45, 2.75) is 33.1 Å². The minimum Gasteiger partial charge on any atom is -0.330 e. The Balaban J connectivity index is 2.36. The molecular formula is C15H24N2O. The summed E-state index contributed by atoms with van der Waals surface area (Å²) in [6, 6.07) is 9.57. The number of rotatable bonds is 7. The molecular weight excluding hydrogens is 224 g/mol. The van der Waals surface area contributed by atoms with Gasteiger partial charge in [0.15, 0.2) is 0 Å². The molecule has 100 valence electrons. The number of nitrogens with two attached hydrogens (primary N) is 1. The molecule has 18 heavy (non-hydrogen) atoms. The van der Waals surface area contributed by atoms with E-state index in [1.165, 1.54) is 0 Å². The van der Waals surface area contributed by atoms with Gasteiger partial charge in [-0.05, 0) is 43.4 Å². The molecule has 1 aromatic rings. The van der Waals surface area contributed by atoms with Crippen LogP contribution in [0.3, 0.4) is 0 Å². The molecule has 3 N–H and O–H groups in total. The topological polar surface area (TPSA) is 55.1 Å². The van der Waals surface area contributed by atoms with Gasteiger partial charge in [-0.3, -0.25) is 4.79 Å². The van der Waals surface area contributed by atoms with Gasteiger partial charge in [-0.25, -0.2) is 0 Å². The molecule has 0 aliphatic heterocycles. The number of hydrogen-bond acceptors (Lipinski definition) is 2. The number of hydrogen-bond donors (Lipinski definition) is 2. The second-order valence-electron chi connectivity index (χ2n) is 5.03. The summed E-state index contributed by atoms with van der Waals surface area (Å²) in [7, 11) is 0. The van der Waals surface area contributed by atoms with E-state index in [2.05, 4.69) is 19.2 Å². The summed E-state index contributed by atoms with van der Waals surface area (Å²) in [5.74, 6) is 1.21. The van der Waals surface area contributed by atoms with E-state index in [-0.39, 0.29) is 5.91 Å². The van der Waals surface area contributed by atoms with Crippen molar-refractivity contribution >= 4 is 11.6 Å². The Morgan fingerprint density at radius 1 is 1.22 bits per heavy atom. The van der Waals surface area contributed by atoms with E-state index < -0.39 is 0 Å². The number of benzene rings is 1. The fraction of sp³-hybridized carbons (Fsp3) is 0.533. The molecule has 0 fully saturated rings. The first-order chi connectivity index (χ1) is 8.63. The molecule has 1 rings (SSSR count). The highest BCUT2D eigenvalue weighted by Gasteiger charge is 2.14. The van der Waals surface area contributed by atoms with Crippen LogP contribution in [0.5, 0.6) is 0 Å². The van der Waals surface area contributed by atoms with Crippen LogP contribution in [-0.2, 0) is 4.79 Å². The van der Waals surface area contributed by atoms with E-state index in [4.69, 9.17) is 5.73 Å². The van der Waals surface area contributed by atoms with Gasteiger partial charge in [0.25, 0.3) is 0 Å². The van der Waals surface area contributed by atoms with Gasteiger partial charge in [-0.2, -0.15) is 0 Å². The van der Waals surface area contributed by atoms with Gasteiger partial charge in [-0.1, -0.05) is 32.0 Å². The van der Waals surface area contributed by atoms with Crippen LogP contribution >= 0.6 is 0 Å². The predicted octanol–water partition coefficient (Wildman–Crippen LogP) is 3.03. The van der Waals surface area contributed by atoms with Crippen LogP contribution in [0.1, 0.15) is 33.1 Å². The second-order valence-corrected chi connectivity index (χ2v) is 5.03. The molecule has 3 nitrogen and oxygen atoms in total. The van der Waals surface area contributed by atoms with Crippen molar-refractivity contribution in [3.63, 3.8) is 0 Å². The summed E-state index contributed by atoms with van der Waals surface area (Å²) in [6.07, 6.45) is 2.47. The summed E-state index contributed by atoms with van der Waals surface area (Å²) in [4.78, 5) is 11.8. The fourth-order valence-electron chi connectivity index (χ4n) is 2.09. The van der Waals surface area contributed by atoms with E-state index in [1.807, 2.05) is 30.3 Å². The highest BCUT2D eigenvalue weighted by molar-refractivity contribution is 5.90. The Labute approximate surface area is 110 Å². The molecule has 0 radical (unpaired) electrons. The van der Waals surface area contributed by atoms with Crippen molar-refractivity contribution in [1.29, 1.82) is 0 Å². The standard InChI is InChI=1S/C15H24N2O/c1-12(2)13(10-11-16)8-9-15(18)17-14-6-4-3-5-7-14/h3-7,12-13H,8-11,16H2,1-2H3,(H,17,18). The summed E-state index contributed by atoms with van der Waals surface area (Å²) < 4.78 is 0. The van der Waals surface area contributed by atoms with Crippen LogP contribution in [0, 0.1) is 11.8 Å². The van der Waals surface area contributed by atoms with E-state index in [0.29, 0.717) is 24.8 Å². The van der Waals surface area contributed by atoms with Gasteiger partial charge in [0.05, 0.1) is 0 Å². The maximum atomic E-state index is 11.8. The van der Waals surface area contributed by atoms with E-state index in [9.17, 15) is 4.79 Å². The fourth-order valence-corrected chi connectivity index (χ4v) is 2.09. The number of anilines is 1. The van der Waals surface area contributed by atoms with Gasteiger partial charge < -0.3 is 11.1 Å². The van der Waals surface area contributed by atoms with E-state index in [1.54, 1.807) is 0 Å². The van der Waals surface area contributed by atoms with Crippen molar-refractivity contribution in [3.05, 3.63) is 30.3 Å². The molecule has 0 saturated carbocycles. The van der Waals surface area contributed by atoms with E-state index in [0.717, 1.165) is 18.5 Å². The van der Waals surface area contributed by atoms with Crippen LogP contribution in [0.4, 0.5) is 5.69 Å². The van der Waals surface area contributed by atoms with Crippen molar-refractivity contribution < 1.29 is 4.79 Å². The molecule has 1 atom stereocenters. The average molecular weight is 248 g/mol. The first kappa shape index (κ1) is 14.7. The Morgan fingerprint density at radius 3 is 2.44 bits per heavy atom. The van der Waals surface area contributed by atoms with Crippen molar-refractivity contribution in [2.24, 2.45) is 17.6 Å². The first-order valence-electron chi connectivity index (χ1n) is 6.68. The maximum absolute atomic E-state index is 11.8. The van der Waals surface area contributed by atoms with Gasteiger partial charge in [0.1, 0.15) is 0 Å². The Morgan fingerprint density at radius 2 is 1.89 bits per heavy atom. The third kappa shape index (κ3) is 5.32. The maximum Gasteiger partial charge on any atom is 0.224 e. The lowest BCUT2D eigenvalue weighted by molar-refractivity contribution is -0.116. The van der Waals surface area contributed by atoms with Gasteiger partial charge in [0, 0.05) is 12.1 Å². The lowest BCUT2D eigenvalue weighted by atomic mass is 9.88. The second kappa shape index (κ2) is 7.88. The zero-order chi connectivity index (χ0) is 13.4. The normalized spacial score (nSPS) is 12.4. The van der Waals surface area contributed by atoms with Crippen LogP contribution in [-0.4, -0.2) is 12.5 Å². The Bertz CT molecular complexity index is 349. The molecule has 0 bridgehead atoms. The Hall–Kier alpha value is -1.35. The monoisotopic (exact) mass is 248 g/mol. The number of nitrogens with one attached hydrogen (secondary N) is 1. The molecule has 1 unspecified atom stereocenters. The minimum atomic E-state index is 0.0869. The molecule has 0 aliphatic rings. The summed E-state index contributed by atoms with van der Waals surface area (Å²) in [5, 5.41) is 2.91. The SMILES string of the molecule is CC(C)C(CCN)CCC(=O)Nc1ccccc1. The largest absolute Gasteiger partial charge is 0.330 e. The van der Waals surface area contributed by atoms with Crippen LogP contribution in [0.25, 0.3) is 0 Å². The van der Waals surface area contributed by atoms with Gasteiger partial charge >= 0.3 is 0 Å². The molecule has 3 heteroatoms. The number of carbonyl (C=O) groups is 1. The molecule has 0 spiro atoms. The average Bonchev–Trinajstić information content (AvgIpc) is 2.35. The molecule has 0 saturated heterocycles. The molecule has 0 heterocycles. The molecule has 0 aromatic heterocycles. The van der Waals surface area contributed by atoms with Crippen LogP contribution < -0.4 is 11.1 Å². The van der Waals surface area contributed by atoms with Gasteiger partial charge in [-0.15, -0.1) is 0 Å².